The molecule has 3 saturated carbocycles. The molecule has 0 heterocycles. The number of nitrogens with two attached hydrogens (primary N) is 1. The maximum absolute atomic E-state index is 6.09. The average molecular weight is 153 g/mol. The van der Waals surface area contributed by atoms with Gasteiger partial charge in [0.25, 0.3) is 0 Å². The Hall–Kier alpha value is -0.0400. The molecule has 0 aliphatic heterocycles. The van der Waals surface area contributed by atoms with Gasteiger partial charge in [0.15, 0.2) is 0 Å². The van der Waals surface area contributed by atoms with Crippen molar-refractivity contribution >= 4 is 0 Å². The van der Waals surface area contributed by atoms with Gasteiger partial charge in [-0.1, -0.05) is 13.8 Å². The molecular weight excluding hydrogens is 134 g/mol. The minimum absolute atomic E-state index is 0.0777. The molecule has 0 spiro atoms. The molecule has 3 rings (SSSR count). The van der Waals surface area contributed by atoms with Gasteiger partial charge in [0.2, 0.25) is 0 Å². The second-order valence-corrected chi connectivity index (χ2v) is 5.22. The zero-order valence-electron chi connectivity index (χ0n) is 7.96. The van der Waals surface area contributed by atoms with Gasteiger partial charge in [0.1, 0.15) is 0 Å². The lowest BCUT2D eigenvalue weighted by molar-refractivity contribution is -0.238. The molecule has 0 amide bonds. The molecule has 2 N–H and O–H groups in total. The average Bonchev–Trinajstić information content (AvgIpc) is 1.77. The van der Waals surface area contributed by atoms with Crippen molar-refractivity contribution < 1.29 is 0 Å². The molecule has 64 valence electrons. The van der Waals surface area contributed by atoms with Crippen LogP contribution >= 0.6 is 0 Å². The molecule has 0 unspecified atom stereocenters. The van der Waals surface area contributed by atoms with Crippen LogP contribution in [0.5, 0.6) is 0 Å². The number of rotatable bonds is 1. The Labute approximate surface area is 69.4 Å². The van der Waals surface area contributed by atoms with Gasteiger partial charge in [0, 0.05) is 5.54 Å². The summed E-state index contributed by atoms with van der Waals surface area (Å²) in [6.07, 6.45) is 0. The van der Waals surface area contributed by atoms with Gasteiger partial charge in [0.05, 0.1) is 0 Å². The largest absolute Gasteiger partial charge is 0.325 e. The quantitative estimate of drug-likeness (QED) is 0.611. The van der Waals surface area contributed by atoms with E-state index in [0.29, 0.717) is 0 Å². The van der Waals surface area contributed by atoms with Gasteiger partial charge in [-0.2, -0.15) is 0 Å². The summed E-state index contributed by atoms with van der Waals surface area (Å²) in [7, 11) is 0. The zero-order valence-corrected chi connectivity index (χ0v) is 7.96. The number of hydrogen-bond acceptors (Lipinski definition) is 1. The summed E-state index contributed by atoms with van der Waals surface area (Å²) in [4.78, 5) is 0. The van der Waals surface area contributed by atoms with E-state index in [4.69, 9.17) is 5.73 Å². The highest BCUT2D eigenvalue weighted by Crippen LogP contribution is 2.69. The third-order valence-electron chi connectivity index (χ3n) is 4.12. The van der Waals surface area contributed by atoms with E-state index < -0.39 is 0 Å². The second-order valence-electron chi connectivity index (χ2n) is 5.22. The van der Waals surface area contributed by atoms with Crippen LogP contribution in [-0.4, -0.2) is 5.54 Å². The van der Waals surface area contributed by atoms with Crippen molar-refractivity contribution in [1.29, 1.82) is 0 Å². The molecule has 0 atom stereocenters. The lowest BCUT2D eigenvalue weighted by Gasteiger charge is -2.72. The second kappa shape index (κ2) is 1.82. The maximum atomic E-state index is 6.09. The molecule has 3 aliphatic rings. The minimum atomic E-state index is 0.0777. The topological polar surface area (TPSA) is 26.0 Å². The summed E-state index contributed by atoms with van der Waals surface area (Å²) in [5.74, 6) is 4.66. The molecule has 3 aliphatic carbocycles. The maximum Gasteiger partial charge on any atom is 0.0131 e. The molecule has 0 radical (unpaired) electrons. The molecule has 0 saturated heterocycles. The Kier molecular flexibility index (Phi) is 1.26. The first-order valence-corrected chi connectivity index (χ1v) is 4.73. The molecule has 0 aromatic carbocycles. The first kappa shape index (κ1) is 7.60. The highest BCUT2D eigenvalue weighted by molar-refractivity contribution is 5.16. The van der Waals surface area contributed by atoms with Crippen molar-refractivity contribution in [2.75, 3.05) is 0 Å². The van der Waals surface area contributed by atoms with Gasteiger partial charge in [-0.15, -0.1) is 0 Å². The predicted octanol–water partition coefficient (Wildman–Crippen LogP) is 1.87. The van der Waals surface area contributed by atoms with Gasteiger partial charge in [-0.05, 0) is 43.4 Å². The van der Waals surface area contributed by atoms with E-state index in [1.807, 2.05) is 0 Å². The molecule has 1 nitrogen and oxygen atoms in total. The Morgan fingerprint density at radius 1 is 1.00 bits per heavy atom. The molecular formula is C10H19N. The van der Waals surface area contributed by atoms with Crippen LogP contribution in [0.15, 0.2) is 0 Å². The summed E-state index contributed by atoms with van der Waals surface area (Å²) in [5.41, 5.74) is 6.16. The molecule has 0 aromatic rings. The van der Waals surface area contributed by atoms with E-state index in [-0.39, 0.29) is 5.54 Å². The molecule has 11 heavy (non-hydrogen) atoms. The van der Waals surface area contributed by atoms with Crippen LogP contribution in [0.1, 0.15) is 27.7 Å². The SMILES string of the molecule is CC(C)(N)C1C2[C@H](C)C1[C@H]2C. The van der Waals surface area contributed by atoms with E-state index in [1.165, 1.54) is 0 Å². The first-order chi connectivity index (χ1) is 4.94. The summed E-state index contributed by atoms with van der Waals surface area (Å²) in [5, 5.41) is 0. The van der Waals surface area contributed by atoms with E-state index in [2.05, 4.69) is 27.7 Å². The minimum Gasteiger partial charge on any atom is -0.325 e. The van der Waals surface area contributed by atoms with Crippen LogP contribution < -0.4 is 5.73 Å². The summed E-state index contributed by atoms with van der Waals surface area (Å²) >= 11 is 0. The Morgan fingerprint density at radius 3 is 1.45 bits per heavy atom. The lowest BCUT2D eigenvalue weighted by Crippen LogP contribution is -2.72. The summed E-state index contributed by atoms with van der Waals surface area (Å²) in [6, 6.07) is 0. The van der Waals surface area contributed by atoms with Crippen LogP contribution in [0.4, 0.5) is 0 Å². The van der Waals surface area contributed by atoms with E-state index >= 15 is 0 Å². The van der Waals surface area contributed by atoms with Crippen LogP contribution in [0, 0.1) is 29.6 Å². The third-order valence-corrected chi connectivity index (χ3v) is 4.12. The van der Waals surface area contributed by atoms with E-state index in [0.717, 1.165) is 29.6 Å². The van der Waals surface area contributed by atoms with Crippen molar-refractivity contribution in [1.82, 2.24) is 0 Å². The normalized spacial score (nSPS) is 54.8. The van der Waals surface area contributed by atoms with Crippen molar-refractivity contribution in [3.63, 3.8) is 0 Å². The van der Waals surface area contributed by atoms with Crippen molar-refractivity contribution in [2.45, 2.75) is 33.2 Å². The Balaban J connectivity index is 2.06. The predicted molar refractivity (Wildman–Crippen MR) is 47.1 cm³/mol. The van der Waals surface area contributed by atoms with Crippen molar-refractivity contribution in [3.05, 3.63) is 0 Å². The van der Waals surface area contributed by atoms with Crippen molar-refractivity contribution in [2.24, 2.45) is 35.3 Å². The molecule has 1 heteroatoms. The molecule has 2 bridgehead atoms. The first-order valence-electron chi connectivity index (χ1n) is 4.73. The van der Waals surface area contributed by atoms with Crippen LogP contribution in [0.25, 0.3) is 0 Å². The fourth-order valence-corrected chi connectivity index (χ4v) is 3.59. The van der Waals surface area contributed by atoms with Crippen LogP contribution in [0.2, 0.25) is 0 Å². The fraction of sp³-hybridized carbons (Fsp3) is 1.00. The van der Waals surface area contributed by atoms with E-state index in [9.17, 15) is 0 Å². The highest BCUT2D eigenvalue weighted by Gasteiger charge is 2.67. The van der Waals surface area contributed by atoms with Crippen LogP contribution in [-0.2, 0) is 0 Å². The van der Waals surface area contributed by atoms with Gasteiger partial charge < -0.3 is 5.73 Å². The Morgan fingerprint density at radius 2 is 1.36 bits per heavy atom. The summed E-state index contributed by atoms with van der Waals surface area (Å²) in [6.45, 7) is 9.10. The molecule has 0 aromatic heterocycles. The summed E-state index contributed by atoms with van der Waals surface area (Å²) < 4.78 is 0. The van der Waals surface area contributed by atoms with Crippen LogP contribution in [0.3, 0.4) is 0 Å². The number of hydrogen-bond donors (Lipinski definition) is 1. The van der Waals surface area contributed by atoms with E-state index in [1.54, 1.807) is 0 Å². The fourth-order valence-electron chi connectivity index (χ4n) is 3.59. The van der Waals surface area contributed by atoms with Gasteiger partial charge in [-0.25, -0.2) is 0 Å². The van der Waals surface area contributed by atoms with Crippen molar-refractivity contribution in [3.8, 4) is 0 Å². The third kappa shape index (κ3) is 0.703. The van der Waals surface area contributed by atoms with Gasteiger partial charge in [-0.3, -0.25) is 0 Å². The van der Waals surface area contributed by atoms with Gasteiger partial charge >= 0.3 is 0 Å². The standard InChI is InChI=1S/C10H19N/c1-5-7-6(2)8(5)9(7)10(3,4)11/h5-9H,11H2,1-4H3/t5-,6-,7?,8?,9?. The Bertz CT molecular complexity index is 158. The smallest absolute Gasteiger partial charge is 0.0131 e. The highest BCUT2D eigenvalue weighted by atomic mass is 14.8. The lowest BCUT2D eigenvalue weighted by atomic mass is 9.33. The molecule has 3 fully saturated rings. The zero-order chi connectivity index (χ0) is 8.39. The monoisotopic (exact) mass is 153 g/mol.